The van der Waals surface area contributed by atoms with Crippen molar-refractivity contribution in [3.05, 3.63) is 52.6 Å². The maximum Gasteiger partial charge on any atom is 0.191 e. The Morgan fingerprint density at radius 3 is 2.58 bits per heavy atom. The summed E-state index contributed by atoms with van der Waals surface area (Å²) in [5, 5.41) is 11.5. The van der Waals surface area contributed by atoms with E-state index < -0.39 is 0 Å². The highest BCUT2D eigenvalue weighted by atomic mass is 19.1. The van der Waals surface area contributed by atoms with Gasteiger partial charge in [0.25, 0.3) is 0 Å². The molecular weight excluding hydrogens is 391 g/mol. The zero-order valence-corrected chi connectivity index (χ0v) is 19.6. The van der Waals surface area contributed by atoms with Crippen LogP contribution in [0.5, 0.6) is 0 Å². The SMILES string of the molecule is CN=C(NCC1CCN(Cc2ccccc2F)CC1)NC(C)Cc1c(C)nn(C)c1C. The van der Waals surface area contributed by atoms with Crippen molar-refractivity contribution in [1.29, 1.82) is 0 Å². The van der Waals surface area contributed by atoms with Gasteiger partial charge in [0.05, 0.1) is 5.69 Å². The minimum Gasteiger partial charge on any atom is -0.356 e. The summed E-state index contributed by atoms with van der Waals surface area (Å²) >= 11 is 0. The van der Waals surface area contributed by atoms with Crippen molar-refractivity contribution in [2.75, 3.05) is 26.7 Å². The van der Waals surface area contributed by atoms with E-state index in [9.17, 15) is 4.39 Å². The molecule has 7 heteroatoms. The Morgan fingerprint density at radius 2 is 1.97 bits per heavy atom. The molecule has 0 bridgehead atoms. The molecule has 2 aromatic rings. The van der Waals surface area contributed by atoms with Crippen LogP contribution in [0.3, 0.4) is 0 Å². The number of hydrogen-bond acceptors (Lipinski definition) is 3. The third-order valence-corrected chi connectivity index (χ3v) is 6.39. The van der Waals surface area contributed by atoms with Gasteiger partial charge in [-0.15, -0.1) is 0 Å². The summed E-state index contributed by atoms with van der Waals surface area (Å²) in [5.41, 5.74) is 4.41. The van der Waals surface area contributed by atoms with Crippen molar-refractivity contribution in [2.45, 2.75) is 52.6 Å². The molecular formula is C24H37FN6. The minimum absolute atomic E-state index is 0.105. The zero-order chi connectivity index (χ0) is 22.4. The van der Waals surface area contributed by atoms with Gasteiger partial charge in [-0.2, -0.15) is 5.10 Å². The number of hydrogen-bond donors (Lipinski definition) is 2. The number of aliphatic imine (C=N–C) groups is 1. The Morgan fingerprint density at radius 1 is 1.26 bits per heavy atom. The van der Waals surface area contributed by atoms with Crippen LogP contribution >= 0.6 is 0 Å². The van der Waals surface area contributed by atoms with Gasteiger partial charge in [0.15, 0.2) is 5.96 Å². The number of likely N-dealkylation sites (tertiary alicyclic amines) is 1. The van der Waals surface area contributed by atoms with Gasteiger partial charge < -0.3 is 10.6 Å². The molecule has 3 rings (SSSR count). The summed E-state index contributed by atoms with van der Waals surface area (Å²) in [6, 6.07) is 7.34. The molecule has 1 aromatic carbocycles. The Labute approximate surface area is 185 Å². The molecule has 1 aliphatic heterocycles. The topological polar surface area (TPSA) is 57.5 Å². The lowest BCUT2D eigenvalue weighted by Gasteiger charge is -2.32. The lowest BCUT2D eigenvalue weighted by molar-refractivity contribution is 0.176. The van der Waals surface area contributed by atoms with Gasteiger partial charge in [-0.05, 0) is 70.7 Å². The van der Waals surface area contributed by atoms with Crippen LogP contribution in [-0.4, -0.2) is 53.4 Å². The Kier molecular flexibility index (Phi) is 8.07. The highest BCUT2D eigenvalue weighted by molar-refractivity contribution is 5.79. The summed E-state index contributed by atoms with van der Waals surface area (Å²) in [7, 11) is 3.81. The van der Waals surface area contributed by atoms with E-state index in [4.69, 9.17) is 0 Å². The van der Waals surface area contributed by atoms with Crippen molar-refractivity contribution < 1.29 is 4.39 Å². The van der Waals surface area contributed by atoms with Crippen LogP contribution in [0, 0.1) is 25.6 Å². The monoisotopic (exact) mass is 428 g/mol. The lowest BCUT2D eigenvalue weighted by Crippen LogP contribution is -2.46. The van der Waals surface area contributed by atoms with E-state index in [2.05, 4.69) is 46.4 Å². The van der Waals surface area contributed by atoms with E-state index >= 15 is 0 Å². The van der Waals surface area contributed by atoms with Crippen LogP contribution in [0.2, 0.25) is 0 Å². The summed E-state index contributed by atoms with van der Waals surface area (Å²) in [6.07, 6.45) is 3.14. The van der Waals surface area contributed by atoms with E-state index in [1.54, 1.807) is 12.1 Å². The van der Waals surface area contributed by atoms with Crippen molar-refractivity contribution in [1.82, 2.24) is 25.3 Å². The predicted octanol–water partition coefficient (Wildman–Crippen LogP) is 3.18. The molecule has 170 valence electrons. The summed E-state index contributed by atoms with van der Waals surface area (Å²) in [4.78, 5) is 6.76. The smallest absolute Gasteiger partial charge is 0.191 e. The van der Waals surface area contributed by atoms with E-state index in [-0.39, 0.29) is 11.9 Å². The fourth-order valence-electron chi connectivity index (χ4n) is 4.36. The van der Waals surface area contributed by atoms with E-state index in [0.717, 1.165) is 56.1 Å². The second-order valence-corrected chi connectivity index (χ2v) is 8.79. The lowest BCUT2D eigenvalue weighted by atomic mass is 9.96. The highest BCUT2D eigenvalue weighted by Crippen LogP contribution is 2.19. The molecule has 0 amide bonds. The first-order valence-electron chi connectivity index (χ1n) is 11.3. The number of guanidine groups is 1. The van der Waals surface area contributed by atoms with Crippen molar-refractivity contribution >= 4 is 5.96 Å². The highest BCUT2D eigenvalue weighted by Gasteiger charge is 2.21. The van der Waals surface area contributed by atoms with Crippen LogP contribution in [0.1, 0.15) is 42.3 Å². The molecule has 1 aliphatic rings. The average Bonchev–Trinajstić information content (AvgIpc) is 2.99. The van der Waals surface area contributed by atoms with Gasteiger partial charge in [-0.25, -0.2) is 4.39 Å². The van der Waals surface area contributed by atoms with Crippen LogP contribution in [0.25, 0.3) is 0 Å². The van der Waals surface area contributed by atoms with Gasteiger partial charge >= 0.3 is 0 Å². The summed E-state index contributed by atoms with van der Waals surface area (Å²) in [6.45, 7) is 9.98. The number of halogens is 1. The molecule has 1 fully saturated rings. The molecule has 0 saturated carbocycles. The molecule has 1 aromatic heterocycles. The predicted molar refractivity (Wildman–Crippen MR) is 125 cm³/mol. The van der Waals surface area contributed by atoms with Crippen LogP contribution in [-0.2, 0) is 20.0 Å². The fraction of sp³-hybridized carbons (Fsp3) is 0.583. The molecule has 1 atom stereocenters. The molecule has 31 heavy (non-hydrogen) atoms. The van der Waals surface area contributed by atoms with Crippen molar-refractivity contribution in [2.24, 2.45) is 18.0 Å². The quantitative estimate of drug-likeness (QED) is 0.525. The number of aromatic nitrogens is 2. The van der Waals surface area contributed by atoms with Gasteiger partial charge in [0.2, 0.25) is 0 Å². The van der Waals surface area contributed by atoms with Crippen LogP contribution in [0.4, 0.5) is 4.39 Å². The minimum atomic E-state index is -0.105. The largest absolute Gasteiger partial charge is 0.356 e. The standard InChI is InChI=1S/C24H37FN6/c1-17(14-22-18(2)29-30(5)19(22)3)28-24(26-4)27-15-20-10-12-31(13-11-20)16-21-8-6-7-9-23(21)25/h6-9,17,20H,10-16H2,1-5H3,(H2,26,27,28). The summed E-state index contributed by atoms with van der Waals surface area (Å²) in [5.74, 6) is 1.35. The first-order chi connectivity index (χ1) is 14.9. The number of rotatable bonds is 7. The van der Waals surface area contributed by atoms with Crippen LogP contribution in [0.15, 0.2) is 29.3 Å². The van der Waals surface area contributed by atoms with E-state index in [1.165, 1.54) is 11.3 Å². The maximum absolute atomic E-state index is 13.9. The van der Waals surface area contributed by atoms with Crippen molar-refractivity contribution in [3.63, 3.8) is 0 Å². The zero-order valence-electron chi connectivity index (χ0n) is 19.6. The third-order valence-electron chi connectivity index (χ3n) is 6.39. The molecule has 1 saturated heterocycles. The Bertz CT molecular complexity index is 882. The van der Waals surface area contributed by atoms with Gasteiger partial charge in [0, 0.05) is 44.5 Å². The van der Waals surface area contributed by atoms with Gasteiger partial charge in [-0.3, -0.25) is 14.6 Å². The van der Waals surface area contributed by atoms with Gasteiger partial charge in [-0.1, -0.05) is 18.2 Å². The third kappa shape index (κ3) is 6.29. The number of nitrogens with one attached hydrogen (secondary N) is 2. The molecule has 0 radical (unpaired) electrons. The summed E-state index contributed by atoms with van der Waals surface area (Å²) < 4.78 is 15.8. The fourth-order valence-corrected chi connectivity index (χ4v) is 4.36. The second-order valence-electron chi connectivity index (χ2n) is 8.79. The first kappa shape index (κ1) is 23.3. The number of benzene rings is 1. The Balaban J connectivity index is 1.41. The van der Waals surface area contributed by atoms with E-state index in [1.807, 2.05) is 30.9 Å². The average molecular weight is 429 g/mol. The Hall–Kier alpha value is -2.41. The molecule has 0 spiro atoms. The maximum atomic E-state index is 13.9. The molecule has 2 heterocycles. The number of piperidine rings is 1. The first-order valence-corrected chi connectivity index (χ1v) is 11.3. The normalized spacial score (nSPS) is 17.0. The van der Waals surface area contributed by atoms with E-state index in [0.29, 0.717) is 12.5 Å². The molecule has 6 nitrogen and oxygen atoms in total. The molecule has 2 N–H and O–H groups in total. The van der Waals surface area contributed by atoms with Crippen LogP contribution < -0.4 is 10.6 Å². The molecule has 1 unspecified atom stereocenters. The number of aryl methyl sites for hydroxylation is 2. The van der Waals surface area contributed by atoms with Crippen molar-refractivity contribution in [3.8, 4) is 0 Å². The second kappa shape index (κ2) is 10.8. The van der Waals surface area contributed by atoms with Gasteiger partial charge in [0.1, 0.15) is 5.82 Å². The number of nitrogens with zero attached hydrogens (tertiary/aromatic N) is 4. The molecule has 0 aliphatic carbocycles.